The minimum absolute atomic E-state index is 0.351. The Morgan fingerprint density at radius 1 is 0.966 bits per heavy atom. The molecule has 0 saturated heterocycles. The molecule has 2 aromatic heterocycles. The van der Waals surface area contributed by atoms with Crippen LogP contribution in [-0.2, 0) is 26.4 Å². The number of hydrogen-bond acceptors (Lipinski definition) is 4. The molecule has 0 aliphatic rings. The van der Waals surface area contributed by atoms with Gasteiger partial charge in [-0.05, 0) is 17.2 Å². The van der Waals surface area contributed by atoms with Gasteiger partial charge in [-0.15, -0.1) is 0 Å². The summed E-state index contributed by atoms with van der Waals surface area (Å²) in [6, 6.07) is 17.5. The third-order valence-corrected chi connectivity index (χ3v) is 6.21. The molecular formula is C21H19ClN4O2S. The fourth-order valence-corrected chi connectivity index (χ4v) is 4.49. The molecule has 29 heavy (non-hydrogen) atoms. The number of rotatable bonds is 5. The number of benzene rings is 2. The van der Waals surface area contributed by atoms with E-state index in [9.17, 15) is 9.59 Å². The van der Waals surface area contributed by atoms with Gasteiger partial charge in [0, 0.05) is 24.9 Å². The lowest BCUT2D eigenvalue weighted by Crippen LogP contribution is -2.37. The summed E-state index contributed by atoms with van der Waals surface area (Å²) in [6.07, 6.45) is 0. The fraction of sp³-hybridized carbons (Fsp3) is 0.190. The first-order valence-electron chi connectivity index (χ1n) is 9.03. The van der Waals surface area contributed by atoms with Gasteiger partial charge in [0.05, 0.1) is 6.54 Å². The Balaban J connectivity index is 1.86. The van der Waals surface area contributed by atoms with E-state index in [0.29, 0.717) is 33.6 Å². The molecule has 2 aromatic carbocycles. The largest absolute Gasteiger partial charge is 0.332 e. The molecule has 6 nitrogen and oxygen atoms in total. The number of halogens is 1. The van der Waals surface area contributed by atoms with Gasteiger partial charge in [-0.3, -0.25) is 13.9 Å². The molecule has 2 heterocycles. The molecule has 0 unspecified atom stereocenters. The summed E-state index contributed by atoms with van der Waals surface area (Å²) < 4.78 is 4.42. The summed E-state index contributed by atoms with van der Waals surface area (Å²) in [5.41, 5.74) is 2.09. The van der Waals surface area contributed by atoms with Crippen molar-refractivity contribution >= 4 is 34.5 Å². The molecule has 8 heteroatoms. The van der Waals surface area contributed by atoms with Crippen LogP contribution in [0.4, 0.5) is 0 Å². The van der Waals surface area contributed by atoms with E-state index in [1.807, 2.05) is 59.2 Å². The Morgan fingerprint density at radius 2 is 1.66 bits per heavy atom. The zero-order valence-corrected chi connectivity index (χ0v) is 17.6. The number of aromatic nitrogens is 4. The minimum atomic E-state index is -0.394. The molecule has 0 saturated carbocycles. The van der Waals surface area contributed by atoms with Crippen molar-refractivity contribution in [1.82, 2.24) is 18.7 Å². The van der Waals surface area contributed by atoms with Gasteiger partial charge in [-0.1, -0.05) is 71.9 Å². The van der Waals surface area contributed by atoms with Crippen LogP contribution in [0.3, 0.4) is 0 Å². The van der Waals surface area contributed by atoms with Crippen LogP contribution in [-0.4, -0.2) is 18.7 Å². The standard InChI is InChI=1S/C21H19ClN4O2S/c1-24-18-17(19(27)25(2)21(24)28)26(12-14-8-4-3-5-9-14)20(23-18)29-13-15-10-6-7-11-16(15)22/h3-11H,12-13H2,1-2H3. The topological polar surface area (TPSA) is 61.8 Å². The van der Waals surface area contributed by atoms with Gasteiger partial charge in [0.2, 0.25) is 0 Å². The van der Waals surface area contributed by atoms with Crippen molar-refractivity contribution in [3.05, 3.63) is 91.6 Å². The maximum atomic E-state index is 12.9. The Bertz CT molecular complexity index is 1310. The summed E-state index contributed by atoms with van der Waals surface area (Å²) >= 11 is 7.78. The monoisotopic (exact) mass is 426 g/mol. The molecule has 148 valence electrons. The van der Waals surface area contributed by atoms with Crippen molar-refractivity contribution in [2.45, 2.75) is 17.5 Å². The second-order valence-electron chi connectivity index (χ2n) is 6.72. The van der Waals surface area contributed by atoms with E-state index in [1.54, 1.807) is 7.05 Å². The van der Waals surface area contributed by atoms with Crippen molar-refractivity contribution in [3.8, 4) is 0 Å². The van der Waals surface area contributed by atoms with E-state index in [2.05, 4.69) is 4.98 Å². The lowest BCUT2D eigenvalue weighted by molar-refractivity contribution is 0.696. The minimum Gasteiger partial charge on any atom is -0.309 e. The van der Waals surface area contributed by atoms with Crippen molar-refractivity contribution in [1.29, 1.82) is 0 Å². The van der Waals surface area contributed by atoms with Gasteiger partial charge in [-0.2, -0.15) is 0 Å². The molecule has 0 fully saturated rings. The van der Waals surface area contributed by atoms with Crippen LogP contribution in [0.1, 0.15) is 11.1 Å². The van der Waals surface area contributed by atoms with Gasteiger partial charge in [0.1, 0.15) is 0 Å². The van der Waals surface area contributed by atoms with Gasteiger partial charge < -0.3 is 4.57 Å². The number of imidazole rings is 1. The lowest BCUT2D eigenvalue weighted by atomic mass is 10.2. The van der Waals surface area contributed by atoms with Crippen LogP contribution < -0.4 is 11.2 Å². The highest BCUT2D eigenvalue weighted by Gasteiger charge is 2.20. The predicted molar refractivity (Wildman–Crippen MR) is 117 cm³/mol. The van der Waals surface area contributed by atoms with Crippen LogP contribution in [0.15, 0.2) is 69.3 Å². The van der Waals surface area contributed by atoms with Crippen LogP contribution in [0.25, 0.3) is 11.2 Å². The molecule has 4 rings (SSSR count). The average molecular weight is 427 g/mol. The first-order valence-corrected chi connectivity index (χ1v) is 10.4. The molecule has 0 spiro atoms. The van der Waals surface area contributed by atoms with Crippen LogP contribution >= 0.6 is 23.4 Å². The van der Waals surface area contributed by atoms with Crippen LogP contribution in [0.2, 0.25) is 5.02 Å². The summed E-state index contributed by atoms with van der Waals surface area (Å²) in [6.45, 7) is 0.482. The number of hydrogen-bond donors (Lipinski definition) is 0. The number of aryl methyl sites for hydroxylation is 1. The van der Waals surface area contributed by atoms with E-state index in [1.165, 1.54) is 23.4 Å². The molecule has 0 amide bonds. The second kappa shape index (κ2) is 7.93. The van der Waals surface area contributed by atoms with Crippen molar-refractivity contribution in [2.24, 2.45) is 14.1 Å². The van der Waals surface area contributed by atoms with Crippen molar-refractivity contribution < 1.29 is 0 Å². The van der Waals surface area contributed by atoms with Gasteiger partial charge in [-0.25, -0.2) is 9.78 Å². The SMILES string of the molecule is Cn1c(=O)c2c(nc(SCc3ccccc3Cl)n2Cc2ccccc2)n(C)c1=O. The summed E-state index contributed by atoms with van der Waals surface area (Å²) in [5, 5.41) is 1.36. The summed E-state index contributed by atoms with van der Waals surface area (Å²) in [5.74, 6) is 0.603. The highest BCUT2D eigenvalue weighted by Crippen LogP contribution is 2.28. The van der Waals surface area contributed by atoms with E-state index in [0.717, 1.165) is 15.7 Å². The third-order valence-electron chi connectivity index (χ3n) is 4.81. The smallest absolute Gasteiger partial charge is 0.309 e. The number of nitrogens with zero attached hydrogens (tertiary/aromatic N) is 4. The average Bonchev–Trinajstić information content (AvgIpc) is 3.09. The van der Waals surface area contributed by atoms with Gasteiger partial charge >= 0.3 is 5.69 Å². The number of thioether (sulfide) groups is 1. The van der Waals surface area contributed by atoms with E-state index in [4.69, 9.17) is 11.6 Å². The molecule has 0 bridgehead atoms. The highest BCUT2D eigenvalue weighted by atomic mass is 35.5. The van der Waals surface area contributed by atoms with Crippen molar-refractivity contribution in [2.75, 3.05) is 0 Å². The molecule has 0 radical (unpaired) electrons. The molecule has 0 aliphatic heterocycles. The van der Waals surface area contributed by atoms with Gasteiger partial charge in [0.25, 0.3) is 5.56 Å². The second-order valence-corrected chi connectivity index (χ2v) is 8.07. The lowest BCUT2D eigenvalue weighted by Gasteiger charge is -2.10. The highest BCUT2D eigenvalue weighted by molar-refractivity contribution is 7.98. The number of fused-ring (bicyclic) bond motifs is 1. The normalized spacial score (nSPS) is 11.3. The zero-order chi connectivity index (χ0) is 20.5. The molecule has 0 aliphatic carbocycles. The first kappa shape index (κ1) is 19.5. The van der Waals surface area contributed by atoms with E-state index >= 15 is 0 Å². The Morgan fingerprint density at radius 3 is 2.38 bits per heavy atom. The zero-order valence-electron chi connectivity index (χ0n) is 16.0. The van der Waals surface area contributed by atoms with Gasteiger partial charge in [0.15, 0.2) is 16.3 Å². The molecule has 0 N–H and O–H groups in total. The Labute approximate surface area is 176 Å². The van der Waals surface area contributed by atoms with Crippen LogP contribution in [0.5, 0.6) is 0 Å². The predicted octanol–water partition coefficient (Wildman–Crippen LogP) is 3.43. The van der Waals surface area contributed by atoms with E-state index < -0.39 is 5.69 Å². The molecule has 4 aromatic rings. The van der Waals surface area contributed by atoms with E-state index in [-0.39, 0.29) is 5.56 Å². The maximum absolute atomic E-state index is 12.9. The van der Waals surface area contributed by atoms with Crippen molar-refractivity contribution in [3.63, 3.8) is 0 Å². The molecular weight excluding hydrogens is 408 g/mol. The third kappa shape index (κ3) is 3.63. The van der Waals surface area contributed by atoms with Crippen LogP contribution in [0, 0.1) is 0 Å². The molecule has 0 atom stereocenters. The Kier molecular flexibility index (Phi) is 5.34. The Hall–Kier alpha value is -2.77. The first-order chi connectivity index (χ1) is 14.0. The summed E-state index contributed by atoms with van der Waals surface area (Å²) in [4.78, 5) is 29.9. The summed E-state index contributed by atoms with van der Waals surface area (Å²) in [7, 11) is 3.12. The fourth-order valence-electron chi connectivity index (χ4n) is 3.21. The maximum Gasteiger partial charge on any atom is 0.332 e. The quantitative estimate of drug-likeness (QED) is 0.459.